The van der Waals surface area contributed by atoms with Crippen LogP contribution in [0.2, 0.25) is 0 Å². The molecule has 11 heavy (non-hydrogen) atoms. The van der Waals surface area contributed by atoms with Crippen LogP contribution in [0.15, 0.2) is 0 Å². The highest BCUT2D eigenvalue weighted by Crippen LogP contribution is 2.40. The Kier molecular flexibility index (Phi) is 2.42. The van der Waals surface area contributed by atoms with Gasteiger partial charge in [0, 0.05) is 0 Å². The summed E-state index contributed by atoms with van der Waals surface area (Å²) in [5.41, 5.74) is 0. The van der Waals surface area contributed by atoms with Gasteiger partial charge >= 0.3 is 0 Å². The molecule has 0 aromatic rings. The molecule has 0 unspecified atom stereocenters. The van der Waals surface area contributed by atoms with Crippen molar-refractivity contribution in [3.63, 3.8) is 0 Å². The normalized spacial score (nSPS) is 40.1. The van der Waals surface area contributed by atoms with Crippen molar-refractivity contribution in [1.29, 1.82) is 0 Å². The van der Waals surface area contributed by atoms with Crippen molar-refractivity contribution in [3.8, 4) is 0 Å². The van der Waals surface area contributed by atoms with E-state index in [9.17, 15) is 0 Å². The molecule has 2 aliphatic rings. The molecule has 0 aromatic heterocycles. The molecule has 0 aromatic carbocycles. The summed E-state index contributed by atoms with van der Waals surface area (Å²) in [4.78, 5) is 0. The first kappa shape index (κ1) is 7.93. The molecule has 64 valence electrons. The molecule has 1 saturated carbocycles. The van der Waals surface area contributed by atoms with Gasteiger partial charge in [-0.05, 0) is 49.0 Å². The van der Waals surface area contributed by atoms with Gasteiger partial charge in [0.25, 0.3) is 0 Å². The highest BCUT2D eigenvalue weighted by Gasteiger charge is 2.34. The van der Waals surface area contributed by atoms with Gasteiger partial charge in [0.2, 0.25) is 0 Å². The van der Waals surface area contributed by atoms with E-state index in [0.717, 1.165) is 24.7 Å². The average Bonchev–Trinajstić information content (AvgIpc) is 2.01. The molecule has 2 heteroatoms. The van der Waals surface area contributed by atoms with E-state index in [1.165, 1.54) is 24.3 Å². The summed E-state index contributed by atoms with van der Waals surface area (Å²) >= 11 is 2.09. The molecule has 0 amide bonds. The van der Waals surface area contributed by atoms with E-state index in [2.05, 4.69) is 11.8 Å². The number of rotatable bonds is 1. The largest absolute Gasteiger partial charge is 0.393 e. The monoisotopic (exact) mass is 172 g/mol. The van der Waals surface area contributed by atoms with Gasteiger partial charge in [0.1, 0.15) is 0 Å². The molecule has 1 N–H and O–H groups in total. The number of aliphatic hydroxyl groups is 1. The van der Waals surface area contributed by atoms with Crippen molar-refractivity contribution in [1.82, 2.24) is 0 Å². The van der Waals surface area contributed by atoms with Crippen molar-refractivity contribution >= 4 is 11.8 Å². The molecular weight excluding hydrogens is 156 g/mol. The van der Waals surface area contributed by atoms with E-state index in [4.69, 9.17) is 5.11 Å². The molecule has 2 fully saturated rings. The molecule has 1 aliphatic heterocycles. The second-order valence-electron chi connectivity index (χ2n) is 3.84. The van der Waals surface area contributed by atoms with E-state index >= 15 is 0 Å². The van der Waals surface area contributed by atoms with Gasteiger partial charge in [0.05, 0.1) is 6.10 Å². The Hall–Kier alpha value is 0.310. The van der Waals surface area contributed by atoms with E-state index in [-0.39, 0.29) is 6.10 Å². The SMILES string of the molecule is OC1CC(C2CCSCC2)C1. The van der Waals surface area contributed by atoms with Crippen molar-refractivity contribution in [2.75, 3.05) is 11.5 Å². The highest BCUT2D eigenvalue weighted by molar-refractivity contribution is 7.99. The maximum Gasteiger partial charge on any atom is 0.0545 e. The summed E-state index contributed by atoms with van der Waals surface area (Å²) in [6.45, 7) is 0. The van der Waals surface area contributed by atoms with Crippen LogP contribution in [0.4, 0.5) is 0 Å². The first-order valence-electron chi connectivity index (χ1n) is 4.62. The van der Waals surface area contributed by atoms with E-state index in [1.54, 1.807) is 0 Å². The van der Waals surface area contributed by atoms with E-state index in [1.807, 2.05) is 0 Å². The molecular formula is C9H16OS. The summed E-state index contributed by atoms with van der Waals surface area (Å²) < 4.78 is 0. The lowest BCUT2D eigenvalue weighted by Crippen LogP contribution is -2.35. The van der Waals surface area contributed by atoms with Gasteiger partial charge in [-0.25, -0.2) is 0 Å². The van der Waals surface area contributed by atoms with Crippen molar-refractivity contribution in [3.05, 3.63) is 0 Å². The van der Waals surface area contributed by atoms with Gasteiger partial charge in [-0.2, -0.15) is 11.8 Å². The number of aliphatic hydroxyl groups excluding tert-OH is 1. The number of hydrogen-bond acceptors (Lipinski definition) is 2. The second kappa shape index (κ2) is 3.36. The van der Waals surface area contributed by atoms with Gasteiger partial charge < -0.3 is 5.11 Å². The Labute approximate surface area is 72.6 Å². The van der Waals surface area contributed by atoms with Crippen LogP contribution in [0.25, 0.3) is 0 Å². The fourth-order valence-corrected chi connectivity index (χ4v) is 3.34. The summed E-state index contributed by atoms with van der Waals surface area (Å²) in [6, 6.07) is 0. The standard InChI is InChI=1S/C9H16OS/c10-9-5-8(6-9)7-1-3-11-4-2-7/h7-10H,1-6H2. The third-order valence-corrected chi connectivity index (χ3v) is 4.13. The van der Waals surface area contributed by atoms with Crippen molar-refractivity contribution in [2.45, 2.75) is 31.8 Å². The van der Waals surface area contributed by atoms with Crippen molar-refractivity contribution in [2.24, 2.45) is 11.8 Å². The average molecular weight is 172 g/mol. The molecule has 1 saturated heterocycles. The van der Waals surface area contributed by atoms with Crippen LogP contribution in [0.5, 0.6) is 0 Å². The predicted octanol–water partition coefficient (Wildman–Crippen LogP) is 1.90. The van der Waals surface area contributed by atoms with Gasteiger partial charge in [-0.3, -0.25) is 0 Å². The summed E-state index contributed by atoms with van der Waals surface area (Å²) in [5, 5.41) is 9.14. The zero-order valence-corrected chi connectivity index (χ0v) is 7.65. The molecule has 1 nitrogen and oxygen atoms in total. The Balaban J connectivity index is 1.76. The maximum absolute atomic E-state index is 9.14. The van der Waals surface area contributed by atoms with Gasteiger partial charge in [-0.1, -0.05) is 0 Å². The van der Waals surface area contributed by atoms with Crippen LogP contribution in [0.1, 0.15) is 25.7 Å². The Morgan fingerprint density at radius 2 is 1.64 bits per heavy atom. The smallest absolute Gasteiger partial charge is 0.0545 e. The Morgan fingerprint density at radius 3 is 2.18 bits per heavy atom. The topological polar surface area (TPSA) is 20.2 Å². The molecule has 1 aliphatic carbocycles. The zero-order chi connectivity index (χ0) is 7.68. The minimum Gasteiger partial charge on any atom is -0.393 e. The molecule has 1 heterocycles. The van der Waals surface area contributed by atoms with E-state index in [0.29, 0.717) is 0 Å². The third-order valence-electron chi connectivity index (χ3n) is 3.08. The van der Waals surface area contributed by atoms with Gasteiger partial charge in [-0.15, -0.1) is 0 Å². The lowest BCUT2D eigenvalue weighted by atomic mass is 9.72. The molecule has 0 spiro atoms. The third kappa shape index (κ3) is 1.73. The lowest BCUT2D eigenvalue weighted by molar-refractivity contribution is 0.0121. The highest BCUT2D eigenvalue weighted by atomic mass is 32.2. The van der Waals surface area contributed by atoms with Crippen LogP contribution in [-0.4, -0.2) is 22.7 Å². The molecule has 0 bridgehead atoms. The second-order valence-corrected chi connectivity index (χ2v) is 5.06. The molecule has 0 radical (unpaired) electrons. The zero-order valence-electron chi connectivity index (χ0n) is 6.83. The quantitative estimate of drug-likeness (QED) is 0.652. The fraction of sp³-hybridized carbons (Fsp3) is 1.00. The Morgan fingerprint density at radius 1 is 1.00 bits per heavy atom. The van der Waals surface area contributed by atoms with Crippen LogP contribution < -0.4 is 0 Å². The van der Waals surface area contributed by atoms with Crippen LogP contribution in [0.3, 0.4) is 0 Å². The predicted molar refractivity (Wildman–Crippen MR) is 48.8 cm³/mol. The summed E-state index contributed by atoms with van der Waals surface area (Å²) in [5.74, 6) is 4.56. The molecule has 2 rings (SSSR count). The first-order chi connectivity index (χ1) is 5.36. The van der Waals surface area contributed by atoms with Crippen LogP contribution in [0, 0.1) is 11.8 Å². The maximum atomic E-state index is 9.14. The molecule has 0 atom stereocenters. The first-order valence-corrected chi connectivity index (χ1v) is 5.77. The fourth-order valence-electron chi connectivity index (χ4n) is 2.20. The Bertz CT molecular complexity index is 126. The number of hydrogen-bond donors (Lipinski definition) is 1. The van der Waals surface area contributed by atoms with Gasteiger partial charge in [0.15, 0.2) is 0 Å². The summed E-state index contributed by atoms with van der Waals surface area (Å²) in [6.07, 6.45) is 5.05. The lowest BCUT2D eigenvalue weighted by Gasteiger charge is -2.39. The van der Waals surface area contributed by atoms with Crippen LogP contribution in [-0.2, 0) is 0 Å². The number of thioether (sulfide) groups is 1. The van der Waals surface area contributed by atoms with Crippen molar-refractivity contribution < 1.29 is 5.11 Å². The van der Waals surface area contributed by atoms with E-state index < -0.39 is 0 Å². The minimum absolute atomic E-state index is 0.0505. The summed E-state index contributed by atoms with van der Waals surface area (Å²) in [7, 11) is 0. The van der Waals surface area contributed by atoms with Crippen LogP contribution >= 0.6 is 11.8 Å². The minimum atomic E-state index is 0.0505.